The predicted molar refractivity (Wildman–Crippen MR) is 77.9 cm³/mol. The van der Waals surface area contributed by atoms with Crippen LogP contribution in [0.5, 0.6) is 5.75 Å². The standard InChI is InChI=1S/C15H14N2O4/c1-11(16-18)13-5-3-7-15(9-13)21-10-12-4-2-6-14(8-12)17(19)20/h2-9,18H,10H2,1H3/b16-11+. The van der Waals surface area contributed by atoms with E-state index in [1.165, 1.54) is 12.1 Å². The zero-order valence-corrected chi connectivity index (χ0v) is 11.4. The molecule has 21 heavy (non-hydrogen) atoms. The Balaban J connectivity index is 2.10. The molecule has 108 valence electrons. The van der Waals surface area contributed by atoms with Gasteiger partial charge in [0.25, 0.3) is 5.69 Å². The van der Waals surface area contributed by atoms with E-state index < -0.39 is 4.92 Å². The topological polar surface area (TPSA) is 85.0 Å². The van der Waals surface area contributed by atoms with Crippen molar-refractivity contribution in [2.45, 2.75) is 13.5 Å². The Labute approximate surface area is 121 Å². The first-order valence-electron chi connectivity index (χ1n) is 6.25. The van der Waals surface area contributed by atoms with Crippen molar-refractivity contribution in [1.29, 1.82) is 0 Å². The van der Waals surface area contributed by atoms with Crippen LogP contribution in [-0.4, -0.2) is 15.8 Å². The Morgan fingerprint density at radius 1 is 1.29 bits per heavy atom. The Bertz CT molecular complexity index is 683. The highest BCUT2D eigenvalue weighted by molar-refractivity contribution is 5.98. The summed E-state index contributed by atoms with van der Waals surface area (Å²) in [6, 6.07) is 13.4. The second kappa shape index (κ2) is 6.51. The Kier molecular flexibility index (Phi) is 4.50. The third-order valence-electron chi connectivity index (χ3n) is 2.93. The Morgan fingerprint density at radius 2 is 2.05 bits per heavy atom. The van der Waals surface area contributed by atoms with Gasteiger partial charge in [-0.15, -0.1) is 0 Å². The lowest BCUT2D eigenvalue weighted by atomic mass is 10.1. The molecule has 0 atom stereocenters. The lowest BCUT2D eigenvalue weighted by Crippen LogP contribution is -1.99. The number of nitro groups is 1. The first kappa shape index (κ1) is 14.5. The van der Waals surface area contributed by atoms with E-state index in [0.29, 0.717) is 17.0 Å². The molecule has 2 rings (SSSR count). The maximum Gasteiger partial charge on any atom is 0.269 e. The average molecular weight is 286 g/mol. The molecule has 6 nitrogen and oxygen atoms in total. The second-order valence-electron chi connectivity index (χ2n) is 4.43. The summed E-state index contributed by atoms with van der Waals surface area (Å²) in [6.45, 7) is 1.90. The number of hydrogen-bond acceptors (Lipinski definition) is 5. The van der Waals surface area contributed by atoms with Gasteiger partial charge in [0.15, 0.2) is 0 Å². The van der Waals surface area contributed by atoms with Crippen LogP contribution in [0.25, 0.3) is 0 Å². The minimum atomic E-state index is -0.439. The lowest BCUT2D eigenvalue weighted by molar-refractivity contribution is -0.384. The normalized spacial score (nSPS) is 11.2. The zero-order chi connectivity index (χ0) is 15.2. The third-order valence-corrected chi connectivity index (χ3v) is 2.93. The predicted octanol–water partition coefficient (Wildman–Crippen LogP) is 3.37. The van der Waals surface area contributed by atoms with Crippen LogP contribution in [0.1, 0.15) is 18.1 Å². The molecule has 0 amide bonds. The molecule has 1 N–H and O–H groups in total. The summed E-state index contributed by atoms with van der Waals surface area (Å²) in [5.74, 6) is 0.599. The zero-order valence-electron chi connectivity index (χ0n) is 11.4. The van der Waals surface area contributed by atoms with E-state index in [4.69, 9.17) is 9.94 Å². The van der Waals surface area contributed by atoms with Crippen LogP contribution in [0, 0.1) is 10.1 Å². The van der Waals surface area contributed by atoms with Gasteiger partial charge in [-0.3, -0.25) is 10.1 Å². The quantitative estimate of drug-likeness (QED) is 0.395. The van der Waals surface area contributed by atoms with Crippen LogP contribution in [0.15, 0.2) is 53.7 Å². The lowest BCUT2D eigenvalue weighted by Gasteiger charge is -2.07. The molecule has 0 saturated heterocycles. The number of benzene rings is 2. The number of oxime groups is 1. The highest BCUT2D eigenvalue weighted by atomic mass is 16.6. The highest BCUT2D eigenvalue weighted by Crippen LogP contribution is 2.18. The summed E-state index contributed by atoms with van der Waals surface area (Å²) in [5.41, 5.74) is 1.97. The fraction of sp³-hybridized carbons (Fsp3) is 0.133. The van der Waals surface area contributed by atoms with Gasteiger partial charge in [-0.2, -0.15) is 0 Å². The maximum atomic E-state index is 10.7. The van der Waals surface area contributed by atoms with Gasteiger partial charge in [-0.25, -0.2) is 0 Å². The van der Waals surface area contributed by atoms with E-state index in [1.54, 1.807) is 43.3 Å². The number of rotatable bonds is 5. The number of non-ortho nitro benzene ring substituents is 1. The molecule has 0 aliphatic carbocycles. The first-order valence-corrected chi connectivity index (χ1v) is 6.25. The van der Waals surface area contributed by atoms with Gasteiger partial charge in [-0.1, -0.05) is 29.4 Å². The summed E-state index contributed by atoms with van der Waals surface area (Å²) >= 11 is 0. The van der Waals surface area contributed by atoms with E-state index in [0.717, 1.165) is 5.56 Å². The molecule has 0 bridgehead atoms. The molecule has 2 aromatic rings. The van der Waals surface area contributed by atoms with Crippen LogP contribution in [0.3, 0.4) is 0 Å². The van der Waals surface area contributed by atoms with Crippen molar-refractivity contribution < 1.29 is 14.9 Å². The summed E-state index contributed by atoms with van der Waals surface area (Å²) in [6.07, 6.45) is 0. The van der Waals surface area contributed by atoms with Gasteiger partial charge in [-0.05, 0) is 24.6 Å². The molecule has 0 aliphatic rings. The van der Waals surface area contributed by atoms with Crippen LogP contribution in [0.4, 0.5) is 5.69 Å². The third kappa shape index (κ3) is 3.79. The van der Waals surface area contributed by atoms with Gasteiger partial charge in [0.2, 0.25) is 0 Å². The Morgan fingerprint density at radius 3 is 2.76 bits per heavy atom. The largest absolute Gasteiger partial charge is 0.489 e. The fourth-order valence-electron chi connectivity index (χ4n) is 1.80. The fourth-order valence-corrected chi connectivity index (χ4v) is 1.80. The number of ether oxygens (including phenoxy) is 1. The average Bonchev–Trinajstić information content (AvgIpc) is 2.52. The molecule has 0 saturated carbocycles. The highest BCUT2D eigenvalue weighted by Gasteiger charge is 2.06. The van der Waals surface area contributed by atoms with Gasteiger partial charge >= 0.3 is 0 Å². The van der Waals surface area contributed by atoms with Crippen molar-refractivity contribution in [3.63, 3.8) is 0 Å². The molecular formula is C15H14N2O4. The van der Waals surface area contributed by atoms with Crippen LogP contribution in [0.2, 0.25) is 0 Å². The molecule has 6 heteroatoms. The second-order valence-corrected chi connectivity index (χ2v) is 4.43. The van der Waals surface area contributed by atoms with Gasteiger partial charge < -0.3 is 9.94 Å². The maximum absolute atomic E-state index is 10.7. The molecule has 0 radical (unpaired) electrons. The Hall–Kier alpha value is -2.89. The van der Waals surface area contributed by atoms with Crippen LogP contribution < -0.4 is 4.74 Å². The minimum absolute atomic E-state index is 0.0353. The van der Waals surface area contributed by atoms with Crippen molar-refractivity contribution in [2.75, 3.05) is 0 Å². The van der Waals surface area contributed by atoms with Crippen molar-refractivity contribution >= 4 is 11.4 Å². The van der Waals surface area contributed by atoms with E-state index in [-0.39, 0.29) is 12.3 Å². The van der Waals surface area contributed by atoms with Crippen molar-refractivity contribution in [1.82, 2.24) is 0 Å². The minimum Gasteiger partial charge on any atom is -0.489 e. The smallest absolute Gasteiger partial charge is 0.269 e. The summed E-state index contributed by atoms with van der Waals surface area (Å²) < 4.78 is 5.60. The summed E-state index contributed by atoms with van der Waals surface area (Å²) in [4.78, 5) is 10.3. The van der Waals surface area contributed by atoms with Gasteiger partial charge in [0.05, 0.1) is 10.6 Å². The number of nitrogens with zero attached hydrogens (tertiary/aromatic N) is 2. The van der Waals surface area contributed by atoms with Crippen molar-refractivity contribution in [2.24, 2.45) is 5.16 Å². The first-order chi connectivity index (χ1) is 10.1. The summed E-state index contributed by atoms with van der Waals surface area (Å²) in [5, 5.41) is 22.6. The summed E-state index contributed by atoms with van der Waals surface area (Å²) in [7, 11) is 0. The molecule has 0 unspecified atom stereocenters. The SMILES string of the molecule is C/C(=N\O)c1cccc(OCc2cccc([N+](=O)[O-])c2)c1. The molecular weight excluding hydrogens is 272 g/mol. The van der Waals surface area contributed by atoms with Crippen molar-refractivity contribution in [3.8, 4) is 5.75 Å². The van der Waals surface area contributed by atoms with Crippen molar-refractivity contribution in [3.05, 3.63) is 69.8 Å². The molecule has 2 aromatic carbocycles. The monoisotopic (exact) mass is 286 g/mol. The van der Waals surface area contributed by atoms with Crippen LogP contribution >= 0.6 is 0 Å². The van der Waals surface area contributed by atoms with E-state index in [1.807, 2.05) is 0 Å². The number of hydrogen-bond donors (Lipinski definition) is 1. The molecule has 0 fully saturated rings. The number of nitro benzene ring substituents is 1. The van der Waals surface area contributed by atoms with E-state index in [2.05, 4.69) is 5.16 Å². The molecule has 0 aliphatic heterocycles. The van der Waals surface area contributed by atoms with E-state index >= 15 is 0 Å². The van der Waals surface area contributed by atoms with Gasteiger partial charge in [0, 0.05) is 17.7 Å². The van der Waals surface area contributed by atoms with Gasteiger partial charge in [0.1, 0.15) is 12.4 Å². The molecule has 0 spiro atoms. The van der Waals surface area contributed by atoms with Crippen LogP contribution in [-0.2, 0) is 6.61 Å². The molecule has 0 aromatic heterocycles. The van der Waals surface area contributed by atoms with E-state index in [9.17, 15) is 10.1 Å². The molecule has 0 heterocycles.